The Morgan fingerprint density at radius 1 is 1.35 bits per heavy atom. The summed E-state index contributed by atoms with van der Waals surface area (Å²) in [6.45, 7) is 8.35. The van der Waals surface area contributed by atoms with Crippen molar-refractivity contribution in [2.45, 2.75) is 39.3 Å². The number of nitrogens with zero attached hydrogens (tertiary/aromatic N) is 1. The van der Waals surface area contributed by atoms with Crippen LogP contribution in [0, 0.1) is 11.7 Å². The van der Waals surface area contributed by atoms with Gasteiger partial charge in [-0.25, -0.2) is 4.39 Å². The van der Waals surface area contributed by atoms with Gasteiger partial charge in [-0.2, -0.15) is 0 Å². The van der Waals surface area contributed by atoms with Gasteiger partial charge in [-0.05, 0) is 62.2 Å². The fourth-order valence-corrected chi connectivity index (χ4v) is 2.83. The van der Waals surface area contributed by atoms with Crippen LogP contribution in [-0.4, -0.2) is 30.6 Å². The van der Waals surface area contributed by atoms with E-state index < -0.39 is 0 Å². The van der Waals surface area contributed by atoms with Crippen molar-refractivity contribution in [1.29, 1.82) is 0 Å². The summed E-state index contributed by atoms with van der Waals surface area (Å²) in [5.41, 5.74) is 0.894. The second-order valence-corrected chi connectivity index (χ2v) is 6.43. The van der Waals surface area contributed by atoms with Gasteiger partial charge < -0.3 is 5.32 Å². The molecule has 1 fully saturated rings. The van der Waals surface area contributed by atoms with E-state index in [0.29, 0.717) is 11.1 Å². The number of rotatable bonds is 5. The fourth-order valence-electron chi connectivity index (χ4n) is 2.66. The Bertz CT molecular complexity index is 428. The maximum absolute atomic E-state index is 13.3. The average Bonchev–Trinajstić information content (AvgIpc) is 2.42. The maximum Gasteiger partial charge on any atom is 0.123 e. The Hall–Kier alpha value is -0.640. The molecule has 4 heteroatoms. The Labute approximate surface area is 126 Å². The van der Waals surface area contributed by atoms with Gasteiger partial charge in [0.15, 0.2) is 0 Å². The Morgan fingerprint density at radius 2 is 2.05 bits per heavy atom. The zero-order valence-corrected chi connectivity index (χ0v) is 13.1. The van der Waals surface area contributed by atoms with Crippen LogP contribution < -0.4 is 5.32 Å². The standard InChI is InChI=1S/C16H24ClFN2/c1-12(2)19-10-13-5-7-20(8-6-13)11-14-9-15(18)3-4-16(14)17/h3-4,9,12-13,19H,5-8,10-11H2,1-2H3. The van der Waals surface area contributed by atoms with Crippen LogP contribution in [0.5, 0.6) is 0 Å². The molecule has 112 valence electrons. The van der Waals surface area contributed by atoms with E-state index >= 15 is 0 Å². The fraction of sp³-hybridized carbons (Fsp3) is 0.625. The van der Waals surface area contributed by atoms with Crippen molar-refractivity contribution in [3.05, 3.63) is 34.6 Å². The van der Waals surface area contributed by atoms with Crippen LogP contribution in [-0.2, 0) is 6.54 Å². The molecule has 2 rings (SSSR count). The molecule has 1 N–H and O–H groups in total. The number of piperidine rings is 1. The predicted octanol–water partition coefficient (Wildman–Crippen LogP) is 3.69. The van der Waals surface area contributed by atoms with E-state index in [1.165, 1.54) is 18.9 Å². The predicted molar refractivity (Wildman–Crippen MR) is 82.5 cm³/mol. The molecule has 1 aliphatic rings. The van der Waals surface area contributed by atoms with Crippen LogP contribution in [0.15, 0.2) is 18.2 Å². The van der Waals surface area contributed by atoms with Gasteiger partial charge in [-0.3, -0.25) is 4.90 Å². The zero-order valence-electron chi connectivity index (χ0n) is 12.3. The van der Waals surface area contributed by atoms with E-state index in [1.807, 2.05) is 0 Å². The van der Waals surface area contributed by atoms with Crippen molar-refractivity contribution in [3.63, 3.8) is 0 Å². The SMILES string of the molecule is CC(C)NCC1CCN(Cc2cc(F)ccc2Cl)CC1. The first-order valence-electron chi connectivity index (χ1n) is 7.44. The first kappa shape index (κ1) is 15.7. The van der Waals surface area contributed by atoms with E-state index in [9.17, 15) is 4.39 Å². The highest BCUT2D eigenvalue weighted by Crippen LogP contribution is 2.22. The molecule has 1 heterocycles. The third-order valence-electron chi connectivity index (χ3n) is 3.92. The molecule has 20 heavy (non-hydrogen) atoms. The lowest BCUT2D eigenvalue weighted by Crippen LogP contribution is -2.38. The summed E-state index contributed by atoms with van der Waals surface area (Å²) in [5, 5.41) is 4.17. The van der Waals surface area contributed by atoms with Crippen LogP contribution in [0.25, 0.3) is 0 Å². The topological polar surface area (TPSA) is 15.3 Å². The molecule has 1 aliphatic heterocycles. The molecule has 1 aromatic carbocycles. The summed E-state index contributed by atoms with van der Waals surface area (Å²) in [6.07, 6.45) is 2.40. The minimum Gasteiger partial charge on any atom is -0.314 e. The summed E-state index contributed by atoms with van der Waals surface area (Å²) >= 11 is 6.13. The highest BCUT2D eigenvalue weighted by atomic mass is 35.5. The number of benzene rings is 1. The monoisotopic (exact) mass is 298 g/mol. The summed E-state index contributed by atoms with van der Waals surface area (Å²) in [7, 11) is 0. The van der Waals surface area contributed by atoms with E-state index in [-0.39, 0.29) is 5.82 Å². The normalized spacial score (nSPS) is 17.9. The third kappa shape index (κ3) is 4.72. The van der Waals surface area contributed by atoms with E-state index in [0.717, 1.165) is 37.7 Å². The maximum atomic E-state index is 13.3. The average molecular weight is 299 g/mol. The van der Waals surface area contributed by atoms with Crippen molar-refractivity contribution < 1.29 is 4.39 Å². The summed E-state index contributed by atoms with van der Waals surface area (Å²) < 4.78 is 13.3. The molecule has 0 radical (unpaired) electrons. The van der Waals surface area contributed by atoms with Gasteiger partial charge in [0.2, 0.25) is 0 Å². The van der Waals surface area contributed by atoms with Crippen molar-refractivity contribution in [1.82, 2.24) is 10.2 Å². The number of likely N-dealkylation sites (tertiary alicyclic amines) is 1. The number of hydrogen-bond donors (Lipinski definition) is 1. The van der Waals surface area contributed by atoms with Crippen LogP contribution >= 0.6 is 11.6 Å². The second-order valence-electron chi connectivity index (χ2n) is 6.02. The van der Waals surface area contributed by atoms with Gasteiger partial charge in [0, 0.05) is 17.6 Å². The first-order valence-corrected chi connectivity index (χ1v) is 7.82. The van der Waals surface area contributed by atoms with Crippen molar-refractivity contribution in [2.24, 2.45) is 5.92 Å². The summed E-state index contributed by atoms with van der Waals surface area (Å²) in [6, 6.07) is 5.16. The minimum atomic E-state index is -0.208. The molecule has 1 saturated heterocycles. The summed E-state index contributed by atoms with van der Waals surface area (Å²) in [4.78, 5) is 2.37. The lowest BCUT2D eigenvalue weighted by molar-refractivity contribution is 0.174. The third-order valence-corrected chi connectivity index (χ3v) is 4.29. The van der Waals surface area contributed by atoms with Crippen molar-refractivity contribution >= 4 is 11.6 Å². The molecule has 0 spiro atoms. The van der Waals surface area contributed by atoms with E-state index in [2.05, 4.69) is 24.1 Å². The number of nitrogens with one attached hydrogen (secondary N) is 1. The Kier molecular flexibility index (Phi) is 5.82. The molecule has 0 aliphatic carbocycles. The molecule has 0 amide bonds. The molecule has 0 bridgehead atoms. The minimum absolute atomic E-state index is 0.208. The van der Waals surface area contributed by atoms with Crippen LogP contribution in [0.4, 0.5) is 4.39 Å². The molecule has 0 unspecified atom stereocenters. The molecule has 2 nitrogen and oxygen atoms in total. The Balaban J connectivity index is 1.81. The van der Waals surface area contributed by atoms with E-state index in [1.54, 1.807) is 12.1 Å². The van der Waals surface area contributed by atoms with Gasteiger partial charge in [-0.1, -0.05) is 25.4 Å². The quantitative estimate of drug-likeness (QED) is 0.892. The molecule has 0 saturated carbocycles. The largest absolute Gasteiger partial charge is 0.314 e. The van der Waals surface area contributed by atoms with Gasteiger partial charge in [0.25, 0.3) is 0 Å². The zero-order chi connectivity index (χ0) is 14.5. The van der Waals surface area contributed by atoms with Crippen LogP contribution in [0.2, 0.25) is 5.02 Å². The van der Waals surface area contributed by atoms with Gasteiger partial charge in [0.05, 0.1) is 0 Å². The highest BCUT2D eigenvalue weighted by molar-refractivity contribution is 6.31. The van der Waals surface area contributed by atoms with E-state index in [4.69, 9.17) is 11.6 Å². The first-order chi connectivity index (χ1) is 9.54. The van der Waals surface area contributed by atoms with Crippen LogP contribution in [0.3, 0.4) is 0 Å². The smallest absolute Gasteiger partial charge is 0.123 e. The Morgan fingerprint density at radius 3 is 2.70 bits per heavy atom. The lowest BCUT2D eigenvalue weighted by atomic mass is 9.96. The molecular formula is C16H24ClFN2. The van der Waals surface area contributed by atoms with Gasteiger partial charge in [-0.15, -0.1) is 0 Å². The summed E-state index contributed by atoms with van der Waals surface area (Å²) in [5.74, 6) is 0.553. The number of halogens is 2. The van der Waals surface area contributed by atoms with Crippen LogP contribution in [0.1, 0.15) is 32.3 Å². The van der Waals surface area contributed by atoms with Crippen molar-refractivity contribution in [3.8, 4) is 0 Å². The van der Waals surface area contributed by atoms with Gasteiger partial charge in [0.1, 0.15) is 5.82 Å². The molecule has 1 aromatic rings. The number of hydrogen-bond acceptors (Lipinski definition) is 2. The lowest BCUT2D eigenvalue weighted by Gasteiger charge is -2.32. The van der Waals surface area contributed by atoms with Crippen molar-refractivity contribution in [2.75, 3.05) is 19.6 Å². The molecule has 0 atom stereocenters. The van der Waals surface area contributed by atoms with Gasteiger partial charge >= 0.3 is 0 Å². The molecular weight excluding hydrogens is 275 g/mol. The second kappa shape index (κ2) is 7.39. The molecule has 0 aromatic heterocycles. The highest BCUT2D eigenvalue weighted by Gasteiger charge is 2.19.